The van der Waals surface area contributed by atoms with E-state index >= 15 is 0 Å². The summed E-state index contributed by atoms with van der Waals surface area (Å²) in [5, 5.41) is 7.69. The second-order valence-corrected chi connectivity index (χ2v) is 6.13. The van der Waals surface area contributed by atoms with Crippen molar-refractivity contribution in [3.8, 4) is 5.69 Å². The third-order valence-electron chi connectivity index (χ3n) is 2.80. The summed E-state index contributed by atoms with van der Waals surface area (Å²) in [5.41, 5.74) is 2.18. The van der Waals surface area contributed by atoms with Crippen molar-refractivity contribution in [2.24, 2.45) is 0 Å². The van der Waals surface area contributed by atoms with Gasteiger partial charge in [-0.1, -0.05) is 18.2 Å². The molecule has 1 N–H and O–H groups in total. The van der Waals surface area contributed by atoms with E-state index in [-0.39, 0.29) is 6.04 Å². The van der Waals surface area contributed by atoms with Gasteiger partial charge in [0.1, 0.15) is 0 Å². The molecular weight excluding hydrogens is 258 g/mol. The third kappa shape index (κ3) is 4.29. The first kappa shape index (κ1) is 14.0. The fourth-order valence-corrected chi connectivity index (χ4v) is 2.70. The highest BCUT2D eigenvalue weighted by molar-refractivity contribution is 7.84. The lowest BCUT2D eigenvalue weighted by Gasteiger charge is -2.10. The number of nitrogens with zero attached hydrogens (tertiary/aromatic N) is 2. The van der Waals surface area contributed by atoms with Gasteiger partial charge in [-0.15, -0.1) is 0 Å². The number of benzene rings is 1. The fourth-order valence-electron chi connectivity index (χ4n) is 1.88. The number of nitrogens with one attached hydrogen (secondary N) is 1. The van der Waals surface area contributed by atoms with Crippen LogP contribution >= 0.6 is 0 Å². The smallest absolute Gasteiger partial charge is 0.0645 e. The lowest BCUT2D eigenvalue weighted by atomic mass is 10.3. The van der Waals surface area contributed by atoms with Crippen LogP contribution in [0.25, 0.3) is 5.69 Å². The Morgan fingerprint density at radius 3 is 2.79 bits per heavy atom. The predicted octanol–water partition coefficient (Wildman–Crippen LogP) is 1.73. The second-order valence-electron chi connectivity index (χ2n) is 4.65. The Kier molecular flexibility index (Phi) is 4.87. The molecule has 1 aromatic carbocycles. The lowest BCUT2D eigenvalue weighted by Crippen LogP contribution is -2.30. The normalized spacial score (nSPS) is 14.2. The topological polar surface area (TPSA) is 46.9 Å². The number of hydrogen-bond acceptors (Lipinski definition) is 3. The van der Waals surface area contributed by atoms with Gasteiger partial charge in [0.05, 0.1) is 11.9 Å². The van der Waals surface area contributed by atoms with Crippen LogP contribution in [-0.4, -0.2) is 32.0 Å². The van der Waals surface area contributed by atoms with Gasteiger partial charge >= 0.3 is 0 Å². The molecule has 4 nitrogen and oxygen atoms in total. The van der Waals surface area contributed by atoms with E-state index in [1.165, 1.54) is 0 Å². The van der Waals surface area contributed by atoms with Gasteiger partial charge < -0.3 is 5.32 Å². The molecule has 0 amide bonds. The van der Waals surface area contributed by atoms with Gasteiger partial charge in [-0.3, -0.25) is 4.21 Å². The molecule has 2 rings (SSSR count). The highest BCUT2D eigenvalue weighted by Crippen LogP contribution is 2.07. The quantitative estimate of drug-likeness (QED) is 0.874. The Bertz CT molecular complexity index is 539. The third-order valence-corrected chi connectivity index (χ3v) is 3.77. The van der Waals surface area contributed by atoms with Gasteiger partial charge in [0.2, 0.25) is 0 Å². The van der Waals surface area contributed by atoms with Crippen LogP contribution in [0, 0.1) is 0 Å². The van der Waals surface area contributed by atoms with Gasteiger partial charge in [0.15, 0.2) is 0 Å². The van der Waals surface area contributed by atoms with Gasteiger partial charge in [-0.2, -0.15) is 5.10 Å². The van der Waals surface area contributed by atoms with Gasteiger partial charge in [0, 0.05) is 47.2 Å². The average molecular weight is 277 g/mol. The number of para-hydroxylation sites is 1. The molecule has 0 fully saturated rings. The largest absolute Gasteiger partial charge is 0.309 e. The van der Waals surface area contributed by atoms with Gasteiger partial charge in [-0.05, 0) is 19.1 Å². The number of rotatable bonds is 6. The van der Waals surface area contributed by atoms with Crippen LogP contribution in [0.4, 0.5) is 0 Å². The molecule has 102 valence electrons. The number of aromatic nitrogens is 2. The fraction of sp³-hybridized carbons (Fsp3) is 0.357. The summed E-state index contributed by atoms with van der Waals surface area (Å²) < 4.78 is 13.0. The molecule has 19 heavy (non-hydrogen) atoms. The molecule has 0 radical (unpaired) electrons. The molecule has 0 saturated heterocycles. The summed E-state index contributed by atoms with van der Waals surface area (Å²) in [6, 6.07) is 10.3. The van der Waals surface area contributed by atoms with Crippen LogP contribution in [0.2, 0.25) is 0 Å². The summed E-state index contributed by atoms with van der Waals surface area (Å²) in [7, 11) is -0.761. The minimum Gasteiger partial charge on any atom is -0.309 e. The van der Waals surface area contributed by atoms with Crippen molar-refractivity contribution in [1.29, 1.82) is 0 Å². The molecule has 2 unspecified atom stereocenters. The maximum Gasteiger partial charge on any atom is 0.0645 e. The number of hydrogen-bond donors (Lipinski definition) is 1. The van der Waals surface area contributed by atoms with Crippen LogP contribution in [0.3, 0.4) is 0 Å². The van der Waals surface area contributed by atoms with Gasteiger partial charge in [0.25, 0.3) is 0 Å². The highest BCUT2D eigenvalue weighted by atomic mass is 32.2. The van der Waals surface area contributed by atoms with Gasteiger partial charge in [-0.25, -0.2) is 4.68 Å². The second kappa shape index (κ2) is 6.63. The van der Waals surface area contributed by atoms with E-state index in [1.54, 1.807) is 6.26 Å². The molecule has 2 aromatic rings. The average Bonchev–Trinajstić information content (AvgIpc) is 2.85. The minimum absolute atomic E-state index is 0.242. The molecule has 2 atom stereocenters. The molecule has 0 aliphatic rings. The molecule has 0 aliphatic carbocycles. The van der Waals surface area contributed by atoms with E-state index in [4.69, 9.17) is 0 Å². The lowest BCUT2D eigenvalue weighted by molar-refractivity contribution is 0.587. The standard InChI is InChI=1S/C14H19N3OS/c1-12(11-19(2)18)15-8-13-9-16-17(10-13)14-6-4-3-5-7-14/h3-7,9-10,12,15H,8,11H2,1-2H3. The van der Waals surface area contributed by atoms with E-state index in [0.29, 0.717) is 5.75 Å². The first-order valence-electron chi connectivity index (χ1n) is 6.27. The summed E-state index contributed by atoms with van der Waals surface area (Å²) in [4.78, 5) is 0. The molecule has 0 bridgehead atoms. The summed E-state index contributed by atoms with van der Waals surface area (Å²) in [5.74, 6) is 0.673. The van der Waals surface area contributed by atoms with E-state index in [9.17, 15) is 4.21 Å². The van der Waals surface area contributed by atoms with Crippen molar-refractivity contribution >= 4 is 10.8 Å². The van der Waals surface area contributed by atoms with Crippen molar-refractivity contribution in [2.45, 2.75) is 19.5 Å². The Morgan fingerprint density at radius 2 is 2.11 bits per heavy atom. The zero-order valence-electron chi connectivity index (χ0n) is 11.2. The van der Waals surface area contributed by atoms with E-state index < -0.39 is 10.8 Å². The zero-order valence-corrected chi connectivity index (χ0v) is 12.1. The molecular formula is C14H19N3OS. The predicted molar refractivity (Wildman–Crippen MR) is 78.8 cm³/mol. The van der Waals surface area contributed by atoms with E-state index in [2.05, 4.69) is 10.4 Å². The van der Waals surface area contributed by atoms with Crippen molar-refractivity contribution in [1.82, 2.24) is 15.1 Å². The summed E-state index contributed by atoms with van der Waals surface area (Å²) >= 11 is 0. The molecule has 0 aliphatic heterocycles. The molecule has 0 spiro atoms. The maximum absolute atomic E-state index is 11.1. The van der Waals surface area contributed by atoms with E-state index in [1.807, 2.05) is 54.3 Å². The van der Waals surface area contributed by atoms with Crippen LogP contribution in [-0.2, 0) is 17.3 Å². The minimum atomic E-state index is -0.761. The first-order valence-corrected chi connectivity index (χ1v) is 8.00. The summed E-state index contributed by atoms with van der Waals surface area (Å²) in [6.07, 6.45) is 5.60. The Balaban J connectivity index is 1.93. The molecule has 1 aromatic heterocycles. The first-order chi connectivity index (χ1) is 9.15. The maximum atomic E-state index is 11.1. The van der Waals surface area contributed by atoms with Crippen molar-refractivity contribution in [3.05, 3.63) is 48.3 Å². The monoisotopic (exact) mass is 277 g/mol. The van der Waals surface area contributed by atoms with Crippen LogP contribution in [0.5, 0.6) is 0 Å². The SMILES string of the molecule is CC(CS(C)=O)NCc1cnn(-c2ccccc2)c1. The van der Waals surface area contributed by atoms with Crippen LogP contribution in [0.15, 0.2) is 42.7 Å². The molecule has 5 heteroatoms. The van der Waals surface area contributed by atoms with Crippen molar-refractivity contribution < 1.29 is 4.21 Å². The van der Waals surface area contributed by atoms with Crippen molar-refractivity contribution in [3.63, 3.8) is 0 Å². The molecule has 1 heterocycles. The van der Waals surface area contributed by atoms with Crippen LogP contribution < -0.4 is 5.32 Å². The van der Waals surface area contributed by atoms with E-state index in [0.717, 1.165) is 17.8 Å². The van der Waals surface area contributed by atoms with Crippen molar-refractivity contribution in [2.75, 3.05) is 12.0 Å². The zero-order chi connectivity index (χ0) is 13.7. The molecule has 0 saturated carbocycles. The Morgan fingerprint density at radius 1 is 1.37 bits per heavy atom. The summed E-state index contributed by atoms with van der Waals surface area (Å²) in [6.45, 7) is 2.79. The Labute approximate surface area is 116 Å². The highest BCUT2D eigenvalue weighted by Gasteiger charge is 2.05. The van der Waals surface area contributed by atoms with Crippen LogP contribution in [0.1, 0.15) is 12.5 Å². The Hall–Kier alpha value is -1.46.